The van der Waals surface area contributed by atoms with Gasteiger partial charge in [0, 0.05) is 18.8 Å². The van der Waals surface area contributed by atoms with Crippen LogP contribution in [0.15, 0.2) is 34.0 Å². The van der Waals surface area contributed by atoms with E-state index in [0.29, 0.717) is 0 Å². The van der Waals surface area contributed by atoms with Crippen LogP contribution >= 0.6 is 0 Å². The molecule has 1 aromatic carbocycles. The number of rotatable bonds is 4. The number of morpholine rings is 1. The smallest absolute Gasteiger partial charge is 0.297 e. The van der Waals surface area contributed by atoms with Crippen LogP contribution in [0.4, 0.5) is 11.5 Å². The lowest BCUT2D eigenvalue weighted by atomic mass is 10.2. The minimum absolute atomic E-state index is 0.0763. The Morgan fingerprint density at radius 3 is 2.65 bits per heavy atom. The number of nitrogens with two attached hydrogens (primary N) is 1. The third kappa shape index (κ3) is 3.64. The molecule has 2 aromatic rings. The van der Waals surface area contributed by atoms with Crippen molar-refractivity contribution in [3.63, 3.8) is 0 Å². The lowest BCUT2D eigenvalue weighted by Gasteiger charge is -2.28. The summed E-state index contributed by atoms with van der Waals surface area (Å²) in [5.74, 6) is -0.655. The number of ether oxygens (including phenoxy) is 1. The first-order chi connectivity index (χ1) is 11.2. The number of aromatic nitrogens is 2. The molecule has 0 aliphatic carbocycles. The molecule has 2 heterocycles. The molecule has 1 aliphatic rings. The topological polar surface area (TPSA) is 119 Å². The molecule has 0 saturated carbocycles. The van der Waals surface area contributed by atoms with E-state index in [1.54, 1.807) is 0 Å². The molecule has 120 valence electrons. The summed E-state index contributed by atoms with van der Waals surface area (Å²) in [5, 5.41) is 10.6. The largest absolute Gasteiger partial charge is 0.379 e. The second kappa shape index (κ2) is 6.88. The van der Waals surface area contributed by atoms with E-state index in [1.807, 2.05) is 24.3 Å². The Bertz CT molecular complexity index is 691. The third-order valence-electron chi connectivity index (χ3n) is 3.38. The standard InChI is InChI=1S/C14H16N6O3/c15-13-12(18-23-19-13)14(21)17-16-9-10-1-3-11(4-2-10)20-5-7-22-8-6-20/h1-4,9H,5-8H2,(H2,15,19)(H,17,21). The van der Waals surface area contributed by atoms with Gasteiger partial charge in [-0.2, -0.15) is 5.10 Å². The van der Waals surface area contributed by atoms with Crippen LogP contribution in [0.3, 0.4) is 0 Å². The van der Waals surface area contributed by atoms with E-state index in [9.17, 15) is 4.79 Å². The van der Waals surface area contributed by atoms with Crippen molar-refractivity contribution in [2.24, 2.45) is 5.10 Å². The highest BCUT2D eigenvalue weighted by Gasteiger charge is 2.15. The van der Waals surface area contributed by atoms with Gasteiger partial charge in [-0.1, -0.05) is 12.1 Å². The highest BCUT2D eigenvalue weighted by Crippen LogP contribution is 2.15. The molecule has 1 amide bonds. The van der Waals surface area contributed by atoms with Crippen molar-refractivity contribution in [3.8, 4) is 0 Å². The summed E-state index contributed by atoms with van der Waals surface area (Å²) in [6.45, 7) is 3.26. The number of anilines is 2. The minimum atomic E-state index is -0.579. The summed E-state index contributed by atoms with van der Waals surface area (Å²) in [6.07, 6.45) is 1.53. The summed E-state index contributed by atoms with van der Waals surface area (Å²) in [7, 11) is 0. The van der Waals surface area contributed by atoms with Gasteiger partial charge in [-0.15, -0.1) is 0 Å². The van der Waals surface area contributed by atoms with E-state index >= 15 is 0 Å². The van der Waals surface area contributed by atoms with Crippen molar-refractivity contribution in [1.82, 2.24) is 15.7 Å². The maximum absolute atomic E-state index is 11.7. The fourth-order valence-electron chi connectivity index (χ4n) is 2.16. The first kappa shape index (κ1) is 15.0. The molecule has 3 rings (SSSR count). The average Bonchev–Trinajstić information content (AvgIpc) is 3.02. The van der Waals surface area contributed by atoms with E-state index in [4.69, 9.17) is 10.5 Å². The molecule has 1 saturated heterocycles. The molecule has 3 N–H and O–H groups in total. The second-order valence-electron chi connectivity index (χ2n) is 4.89. The van der Waals surface area contributed by atoms with Crippen molar-refractivity contribution in [1.29, 1.82) is 0 Å². The Morgan fingerprint density at radius 1 is 1.26 bits per heavy atom. The molecule has 9 nitrogen and oxygen atoms in total. The Balaban J connectivity index is 1.57. The van der Waals surface area contributed by atoms with Crippen LogP contribution in [-0.4, -0.2) is 48.7 Å². The number of hydrogen-bond acceptors (Lipinski definition) is 8. The van der Waals surface area contributed by atoms with Gasteiger partial charge >= 0.3 is 0 Å². The lowest BCUT2D eigenvalue weighted by Crippen LogP contribution is -2.36. The van der Waals surface area contributed by atoms with Gasteiger partial charge in [0.2, 0.25) is 11.5 Å². The molecule has 0 radical (unpaired) electrons. The van der Waals surface area contributed by atoms with E-state index < -0.39 is 5.91 Å². The van der Waals surface area contributed by atoms with Crippen LogP contribution in [0.1, 0.15) is 16.1 Å². The number of carbonyl (C=O) groups excluding carboxylic acids is 1. The number of nitrogens with zero attached hydrogens (tertiary/aromatic N) is 4. The van der Waals surface area contributed by atoms with Gasteiger partial charge < -0.3 is 15.4 Å². The zero-order valence-corrected chi connectivity index (χ0v) is 12.3. The predicted octanol–water partition coefficient (Wildman–Crippen LogP) is 0.252. The quantitative estimate of drug-likeness (QED) is 0.613. The SMILES string of the molecule is Nc1nonc1C(=O)NN=Cc1ccc(N2CCOCC2)cc1. The fourth-order valence-corrected chi connectivity index (χ4v) is 2.16. The van der Waals surface area contributed by atoms with Gasteiger partial charge in [0.05, 0.1) is 19.4 Å². The van der Waals surface area contributed by atoms with Crippen molar-refractivity contribution in [2.45, 2.75) is 0 Å². The molecule has 1 aromatic heterocycles. The number of hydrazone groups is 1. The molecular weight excluding hydrogens is 300 g/mol. The van der Waals surface area contributed by atoms with Gasteiger partial charge in [0.25, 0.3) is 5.91 Å². The Morgan fingerprint density at radius 2 is 2.00 bits per heavy atom. The van der Waals surface area contributed by atoms with Crippen LogP contribution in [0, 0.1) is 0 Å². The summed E-state index contributed by atoms with van der Waals surface area (Å²) in [5.41, 5.74) is 9.63. The average molecular weight is 316 g/mol. The Labute approximate surface area is 132 Å². The molecule has 0 unspecified atom stereocenters. The fraction of sp³-hybridized carbons (Fsp3) is 0.286. The molecule has 1 fully saturated rings. The summed E-state index contributed by atoms with van der Waals surface area (Å²) >= 11 is 0. The first-order valence-corrected chi connectivity index (χ1v) is 7.08. The highest BCUT2D eigenvalue weighted by atomic mass is 16.6. The maximum atomic E-state index is 11.7. The van der Waals surface area contributed by atoms with E-state index in [2.05, 4.69) is 30.4 Å². The monoisotopic (exact) mass is 316 g/mol. The number of carbonyl (C=O) groups is 1. The van der Waals surface area contributed by atoms with E-state index in [0.717, 1.165) is 37.6 Å². The number of amides is 1. The highest BCUT2D eigenvalue weighted by molar-refractivity contribution is 5.96. The molecule has 0 spiro atoms. The number of nitrogens with one attached hydrogen (secondary N) is 1. The van der Waals surface area contributed by atoms with Gasteiger partial charge in [-0.05, 0) is 28.0 Å². The number of benzene rings is 1. The molecule has 9 heteroatoms. The van der Waals surface area contributed by atoms with Crippen LogP contribution in [0.2, 0.25) is 0 Å². The molecular formula is C14H16N6O3. The lowest BCUT2D eigenvalue weighted by molar-refractivity contribution is 0.0946. The van der Waals surface area contributed by atoms with Gasteiger partial charge in [0.1, 0.15) is 0 Å². The molecule has 0 bridgehead atoms. The van der Waals surface area contributed by atoms with E-state index in [-0.39, 0.29) is 11.5 Å². The Hall–Kier alpha value is -2.94. The van der Waals surface area contributed by atoms with Crippen molar-refractivity contribution in [2.75, 3.05) is 36.9 Å². The Kier molecular flexibility index (Phi) is 4.48. The molecule has 1 aliphatic heterocycles. The normalized spacial score (nSPS) is 15.0. The van der Waals surface area contributed by atoms with E-state index in [1.165, 1.54) is 6.21 Å². The molecule has 23 heavy (non-hydrogen) atoms. The summed E-state index contributed by atoms with van der Waals surface area (Å²) < 4.78 is 9.68. The van der Waals surface area contributed by atoms with Crippen molar-refractivity contribution in [3.05, 3.63) is 35.5 Å². The predicted molar refractivity (Wildman–Crippen MR) is 83.2 cm³/mol. The van der Waals surface area contributed by atoms with Crippen LogP contribution in [-0.2, 0) is 4.74 Å². The zero-order chi connectivity index (χ0) is 16.1. The third-order valence-corrected chi connectivity index (χ3v) is 3.38. The second-order valence-corrected chi connectivity index (χ2v) is 4.89. The van der Waals surface area contributed by atoms with Crippen LogP contribution < -0.4 is 16.1 Å². The summed E-state index contributed by atoms with van der Waals surface area (Å²) in [4.78, 5) is 13.9. The minimum Gasteiger partial charge on any atom is -0.379 e. The summed E-state index contributed by atoms with van der Waals surface area (Å²) in [6, 6.07) is 7.86. The van der Waals surface area contributed by atoms with Crippen molar-refractivity contribution >= 4 is 23.6 Å². The van der Waals surface area contributed by atoms with Crippen molar-refractivity contribution < 1.29 is 14.2 Å². The van der Waals surface area contributed by atoms with Crippen LogP contribution in [0.5, 0.6) is 0 Å². The maximum Gasteiger partial charge on any atom is 0.297 e. The van der Waals surface area contributed by atoms with Gasteiger partial charge in [-0.25, -0.2) is 10.1 Å². The van der Waals surface area contributed by atoms with Gasteiger partial charge in [0.15, 0.2) is 0 Å². The number of nitrogen functional groups attached to an aromatic ring is 1. The zero-order valence-electron chi connectivity index (χ0n) is 12.3. The van der Waals surface area contributed by atoms with Gasteiger partial charge in [-0.3, -0.25) is 4.79 Å². The number of hydrogen-bond donors (Lipinski definition) is 2. The first-order valence-electron chi connectivity index (χ1n) is 7.08. The molecule has 0 atom stereocenters. The van der Waals surface area contributed by atoms with Crippen LogP contribution in [0.25, 0.3) is 0 Å².